The van der Waals surface area contributed by atoms with Crippen molar-refractivity contribution in [3.63, 3.8) is 0 Å². The molecule has 0 aromatic carbocycles. The topological polar surface area (TPSA) is 108 Å². The first kappa shape index (κ1) is 30.8. The van der Waals surface area contributed by atoms with Gasteiger partial charge in [-0.3, -0.25) is 19.2 Å². The van der Waals surface area contributed by atoms with Gasteiger partial charge in [-0.25, -0.2) is 0 Å². The molecule has 11 atom stereocenters. The van der Waals surface area contributed by atoms with Crippen molar-refractivity contribution in [3.8, 4) is 0 Å². The van der Waals surface area contributed by atoms with E-state index in [1.54, 1.807) is 0 Å². The van der Waals surface area contributed by atoms with Gasteiger partial charge in [0.2, 0.25) is 0 Å². The molecule has 0 bridgehead atoms. The second-order valence-electron chi connectivity index (χ2n) is 13.7. The lowest BCUT2D eigenvalue weighted by Crippen LogP contribution is -2.63. The quantitative estimate of drug-likeness (QED) is 0.187. The maximum absolute atomic E-state index is 12.4. The van der Waals surface area contributed by atoms with Crippen molar-refractivity contribution in [3.05, 3.63) is 0 Å². The van der Waals surface area contributed by atoms with Crippen LogP contribution < -0.4 is 0 Å². The highest BCUT2D eigenvalue weighted by atomic mass is 16.5. The summed E-state index contributed by atoms with van der Waals surface area (Å²) in [6.45, 7) is 9.66. The number of likely N-dealkylation sites (N-methyl/N-ethyl adjacent to an activating group) is 1. The van der Waals surface area contributed by atoms with E-state index < -0.39 is 0 Å². The minimum absolute atomic E-state index is 0.0119. The van der Waals surface area contributed by atoms with Crippen molar-refractivity contribution in [2.45, 2.75) is 96.9 Å². The molecule has 0 aromatic heterocycles. The first-order chi connectivity index (χ1) is 19.1. The van der Waals surface area contributed by atoms with Crippen LogP contribution in [-0.4, -0.2) is 75.8 Å². The van der Waals surface area contributed by atoms with E-state index in [1.807, 2.05) is 19.0 Å². The Hall–Kier alpha value is -2.16. The number of fused-ring (bicyclic) bond motifs is 5. The lowest BCUT2D eigenvalue weighted by atomic mass is 9.43. The van der Waals surface area contributed by atoms with Gasteiger partial charge >= 0.3 is 5.97 Å². The van der Waals surface area contributed by atoms with Crippen molar-refractivity contribution >= 4 is 25.4 Å². The normalized spacial score (nSPS) is 41.0. The summed E-state index contributed by atoms with van der Waals surface area (Å²) in [6, 6.07) is 0. The van der Waals surface area contributed by atoms with Crippen LogP contribution in [0.25, 0.3) is 0 Å². The fourth-order valence-electron chi connectivity index (χ4n) is 9.71. The summed E-state index contributed by atoms with van der Waals surface area (Å²) < 4.78 is 22.6. The Bertz CT molecular complexity index is 912. The highest BCUT2D eigenvalue weighted by Gasteiger charge is 2.67. The molecule has 40 heavy (non-hydrogen) atoms. The van der Waals surface area contributed by atoms with Gasteiger partial charge in [0.15, 0.2) is 0 Å². The average Bonchev–Trinajstić information content (AvgIpc) is 3.27. The third-order valence-electron chi connectivity index (χ3n) is 11.7. The van der Waals surface area contributed by atoms with E-state index in [-0.39, 0.29) is 70.6 Å². The average molecular weight is 564 g/mol. The Kier molecular flexibility index (Phi) is 9.84. The molecule has 0 aromatic rings. The summed E-state index contributed by atoms with van der Waals surface area (Å²) in [5.41, 5.74) is -0.288. The van der Waals surface area contributed by atoms with Gasteiger partial charge in [-0.1, -0.05) is 20.8 Å². The van der Waals surface area contributed by atoms with Crippen LogP contribution in [0.1, 0.15) is 78.6 Å². The van der Waals surface area contributed by atoms with E-state index in [9.17, 15) is 19.2 Å². The molecule has 226 valence electrons. The summed E-state index contributed by atoms with van der Waals surface area (Å²) in [5.74, 6) is 1.27. The number of carbonyl (C=O) groups excluding carboxylic acids is 4. The molecule has 4 aliphatic rings. The zero-order chi connectivity index (χ0) is 29.1. The van der Waals surface area contributed by atoms with E-state index in [2.05, 4.69) is 20.8 Å². The fraction of sp³-hybridized carbons (Fsp3) is 0.871. The number of ether oxygens (including phenoxy) is 4. The van der Waals surface area contributed by atoms with Crippen LogP contribution in [0.15, 0.2) is 0 Å². The van der Waals surface area contributed by atoms with Crippen LogP contribution in [0.3, 0.4) is 0 Å². The predicted molar refractivity (Wildman–Crippen MR) is 147 cm³/mol. The zero-order valence-electron chi connectivity index (χ0n) is 24.9. The number of hydrogen-bond donors (Lipinski definition) is 0. The smallest absolute Gasteiger partial charge is 0.305 e. The maximum Gasteiger partial charge on any atom is 0.305 e. The third-order valence-corrected chi connectivity index (χ3v) is 11.7. The molecule has 0 amide bonds. The van der Waals surface area contributed by atoms with Gasteiger partial charge in [0.05, 0.1) is 0 Å². The molecule has 0 heterocycles. The van der Waals surface area contributed by atoms with Gasteiger partial charge in [0.25, 0.3) is 19.4 Å². The molecule has 9 nitrogen and oxygen atoms in total. The summed E-state index contributed by atoms with van der Waals surface area (Å²) in [4.78, 5) is 49.0. The monoisotopic (exact) mass is 563 g/mol. The van der Waals surface area contributed by atoms with E-state index in [4.69, 9.17) is 18.9 Å². The molecule has 0 N–H and O–H groups in total. The number of carbonyl (C=O) groups is 4. The standard InChI is InChI=1S/C31H49NO8/c1-20(6-9-28(36)37-13-12-32(4)5)23-7-8-24-29-25(16-27(40-19-35)31(23,24)3)30(2)11-10-22(38-17-33)14-21(30)15-26(29)39-18-34/h17-27,29H,6-16H2,1-5H3/t20-,21+,22-,23-,24+,25+,26-,27+,29+,30+,31-/m1/s1. The minimum Gasteiger partial charge on any atom is -0.465 e. The van der Waals surface area contributed by atoms with E-state index in [0.29, 0.717) is 39.0 Å². The Morgan fingerprint density at radius 1 is 0.950 bits per heavy atom. The van der Waals surface area contributed by atoms with Crippen LogP contribution in [0.4, 0.5) is 0 Å². The molecular formula is C31H49NO8. The van der Waals surface area contributed by atoms with Gasteiger partial charge in [-0.2, -0.15) is 0 Å². The van der Waals surface area contributed by atoms with E-state index in [0.717, 1.165) is 51.4 Å². The molecule has 0 spiro atoms. The Balaban J connectivity index is 1.55. The maximum atomic E-state index is 12.4. The largest absolute Gasteiger partial charge is 0.465 e. The molecule has 4 fully saturated rings. The SMILES string of the molecule is C[C@H](CCC(=O)OCCN(C)C)[C@H]1CC[C@H]2[C@@H]3[C@H](OC=O)C[C@@H]4C[C@H](OC=O)CC[C@]4(C)[C@H]3C[C@H](OC=O)[C@]12C. The highest BCUT2D eigenvalue weighted by molar-refractivity contribution is 5.69. The predicted octanol–water partition coefficient (Wildman–Crippen LogP) is 4.01. The molecule has 4 saturated carbocycles. The molecule has 4 aliphatic carbocycles. The van der Waals surface area contributed by atoms with Gasteiger partial charge in [0.1, 0.15) is 24.9 Å². The third kappa shape index (κ3) is 5.77. The van der Waals surface area contributed by atoms with E-state index >= 15 is 0 Å². The van der Waals surface area contributed by atoms with Crippen molar-refractivity contribution < 1.29 is 38.1 Å². The first-order valence-corrected chi connectivity index (χ1v) is 15.2. The number of esters is 1. The van der Waals surface area contributed by atoms with E-state index in [1.165, 1.54) is 0 Å². The number of nitrogens with zero attached hydrogens (tertiary/aromatic N) is 1. The van der Waals surface area contributed by atoms with Gasteiger partial charge in [-0.05, 0) is 100 Å². The van der Waals surface area contributed by atoms with Crippen LogP contribution in [-0.2, 0) is 38.1 Å². The summed E-state index contributed by atoms with van der Waals surface area (Å²) >= 11 is 0. The van der Waals surface area contributed by atoms with Crippen LogP contribution in [0.5, 0.6) is 0 Å². The van der Waals surface area contributed by atoms with Crippen molar-refractivity contribution in [1.29, 1.82) is 0 Å². The van der Waals surface area contributed by atoms with Gasteiger partial charge in [0, 0.05) is 24.3 Å². The van der Waals surface area contributed by atoms with Gasteiger partial charge in [-0.15, -0.1) is 0 Å². The lowest BCUT2D eigenvalue weighted by molar-refractivity contribution is -0.218. The minimum atomic E-state index is -0.276. The Labute approximate surface area is 239 Å². The second kappa shape index (κ2) is 12.8. The fourth-order valence-corrected chi connectivity index (χ4v) is 9.71. The van der Waals surface area contributed by atoms with Crippen molar-refractivity contribution in [1.82, 2.24) is 4.90 Å². The zero-order valence-corrected chi connectivity index (χ0v) is 24.9. The first-order valence-electron chi connectivity index (χ1n) is 15.2. The van der Waals surface area contributed by atoms with Crippen molar-refractivity contribution in [2.24, 2.45) is 46.3 Å². The van der Waals surface area contributed by atoms with Gasteiger partial charge < -0.3 is 23.8 Å². The van der Waals surface area contributed by atoms with Crippen LogP contribution >= 0.6 is 0 Å². The Morgan fingerprint density at radius 2 is 1.68 bits per heavy atom. The van der Waals surface area contributed by atoms with Crippen LogP contribution in [0.2, 0.25) is 0 Å². The number of rotatable bonds is 13. The molecule has 4 rings (SSSR count). The second-order valence-corrected chi connectivity index (χ2v) is 13.7. The number of hydrogen-bond acceptors (Lipinski definition) is 9. The van der Waals surface area contributed by atoms with Crippen LogP contribution in [0, 0.1) is 46.3 Å². The molecule has 9 heteroatoms. The molecule has 0 saturated heterocycles. The molecule has 0 unspecified atom stereocenters. The van der Waals surface area contributed by atoms with Crippen molar-refractivity contribution in [2.75, 3.05) is 27.2 Å². The molecular weight excluding hydrogens is 514 g/mol. The summed E-state index contributed by atoms with van der Waals surface area (Å²) in [7, 11) is 3.90. The summed E-state index contributed by atoms with van der Waals surface area (Å²) in [5, 5.41) is 0. The lowest BCUT2D eigenvalue weighted by Gasteiger charge is -2.64. The highest BCUT2D eigenvalue weighted by Crippen LogP contribution is 2.69. The molecule has 0 radical (unpaired) electrons. The molecule has 0 aliphatic heterocycles. The summed E-state index contributed by atoms with van der Waals surface area (Å²) in [6.07, 6.45) is 6.52. The Morgan fingerprint density at radius 3 is 2.35 bits per heavy atom.